The van der Waals surface area contributed by atoms with Gasteiger partial charge in [-0.3, -0.25) is 4.98 Å². The van der Waals surface area contributed by atoms with Crippen LogP contribution >= 0.6 is 11.8 Å². The van der Waals surface area contributed by atoms with Gasteiger partial charge in [-0.05, 0) is 18.2 Å². The lowest BCUT2D eigenvalue weighted by Crippen LogP contribution is -1.95. The monoisotopic (exact) mass is 287 g/mol. The van der Waals surface area contributed by atoms with Crippen molar-refractivity contribution < 1.29 is 4.39 Å². The molecule has 0 bridgehead atoms. The van der Waals surface area contributed by atoms with Gasteiger partial charge in [0.05, 0.1) is 23.6 Å². The third kappa shape index (κ3) is 2.67. The second kappa shape index (κ2) is 5.25. The summed E-state index contributed by atoms with van der Waals surface area (Å²) in [5.74, 6) is -0.363. The number of pyridine rings is 1. The Labute approximate surface area is 120 Å². The SMILES string of the molecule is CC(C)Sc1ccc2nn(-c3cncc(F)c3)cc2c1. The van der Waals surface area contributed by atoms with Crippen LogP contribution in [0, 0.1) is 5.82 Å². The van der Waals surface area contributed by atoms with E-state index in [2.05, 4.69) is 36.1 Å². The van der Waals surface area contributed by atoms with Crippen molar-refractivity contribution in [1.82, 2.24) is 14.8 Å². The van der Waals surface area contributed by atoms with E-state index in [0.717, 1.165) is 10.9 Å². The molecule has 0 atom stereocenters. The van der Waals surface area contributed by atoms with Crippen LogP contribution in [-0.4, -0.2) is 20.0 Å². The van der Waals surface area contributed by atoms with Crippen LogP contribution in [0.1, 0.15) is 13.8 Å². The summed E-state index contributed by atoms with van der Waals surface area (Å²) in [5, 5.41) is 6.02. The first kappa shape index (κ1) is 13.1. The Bertz CT molecular complexity index is 752. The predicted octanol–water partition coefficient (Wildman–Crippen LogP) is 4.06. The van der Waals surface area contributed by atoms with Crippen LogP contribution in [0.2, 0.25) is 0 Å². The molecule has 0 spiro atoms. The van der Waals surface area contributed by atoms with Gasteiger partial charge in [0.1, 0.15) is 5.82 Å². The van der Waals surface area contributed by atoms with E-state index in [-0.39, 0.29) is 5.82 Å². The zero-order chi connectivity index (χ0) is 14.1. The number of fused-ring (bicyclic) bond motifs is 1. The van der Waals surface area contributed by atoms with Crippen molar-refractivity contribution in [2.24, 2.45) is 0 Å². The predicted molar refractivity (Wildman–Crippen MR) is 79.8 cm³/mol. The zero-order valence-electron chi connectivity index (χ0n) is 11.2. The Morgan fingerprint density at radius 2 is 2.05 bits per heavy atom. The smallest absolute Gasteiger partial charge is 0.143 e. The fourth-order valence-corrected chi connectivity index (χ4v) is 2.89. The van der Waals surface area contributed by atoms with Gasteiger partial charge >= 0.3 is 0 Å². The Morgan fingerprint density at radius 1 is 1.20 bits per heavy atom. The van der Waals surface area contributed by atoms with Crippen LogP contribution in [-0.2, 0) is 0 Å². The van der Waals surface area contributed by atoms with E-state index in [0.29, 0.717) is 10.9 Å². The van der Waals surface area contributed by atoms with E-state index in [1.54, 1.807) is 10.9 Å². The number of hydrogen-bond acceptors (Lipinski definition) is 3. The third-order valence-electron chi connectivity index (χ3n) is 2.80. The van der Waals surface area contributed by atoms with Crippen LogP contribution in [0.3, 0.4) is 0 Å². The molecule has 102 valence electrons. The van der Waals surface area contributed by atoms with E-state index in [1.165, 1.54) is 17.2 Å². The number of benzene rings is 1. The molecule has 0 aliphatic carbocycles. The van der Waals surface area contributed by atoms with Crippen molar-refractivity contribution in [3.63, 3.8) is 0 Å². The van der Waals surface area contributed by atoms with Gasteiger partial charge < -0.3 is 0 Å². The minimum absolute atomic E-state index is 0.363. The summed E-state index contributed by atoms with van der Waals surface area (Å²) < 4.78 is 14.9. The first-order valence-electron chi connectivity index (χ1n) is 6.39. The highest BCUT2D eigenvalue weighted by molar-refractivity contribution is 7.99. The van der Waals surface area contributed by atoms with Crippen LogP contribution in [0.4, 0.5) is 4.39 Å². The van der Waals surface area contributed by atoms with Crippen molar-refractivity contribution in [2.75, 3.05) is 0 Å². The molecule has 0 radical (unpaired) electrons. The Hall–Kier alpha value is -1.88. The Kier molecular flexibility index (Phi) is 3.44. The summed E-state index contributed by atoms with van der Waals surface area (Å²) in [6.07, 6.45) is 4.68. The van der Waals surface area contributed by atoms with Crippen LogP contribution < -0.4 is 0 Å². The Morgan fingerprint density at radius 3 is 2.80 bits per heavy atom. The summed E-state index contributed by atoms with van der Waals surface area (Å²) in [5.41, 5.74) is 1.52. The first-order valence-corrected chi connectivity index (χ1v) is 7.27. The molecule has 0 aliphatic rings. The molecule has 0 amide bonds. The van der Waals surface area contributed by atoms with Gasteiger partial charge in [0, 0.05) is 27.8 Å². The molecule has 3 aromatic rings. The van der Waals surface area contributed by atoms with Gasteiger partial charge in [-0.15, -0.1) is 11.8 Å². The normalized spacial score (nSPS) is 11.4. The van der Waals surface area contributed by atoms with Crippen molar-refractivity contribution >= 4 is 22.7 Å². The molecule has 0 fully saturated rings. The summed E-state index contributed by atoms with van der Waals surface area (Å²) >= 11 is 1.81. The van der Waals surface area contributed by atoms with Crippen LogP contribution in [0.5, 0.6) is 0 Å². The quantitative estimate of drug-likeness (QED) is 0.681. The van der Waals surface area contributed by atoms with E-state index in [1.807, 2.05) is 24.0 Å². The number of halogens is 1. The number of aromatic nitrogens is 3. The molecule has 2 aromatic heterocycles. The van der Waals surface area contributed by atoms with Crippen LogP contribution in [0.25, 0.3) is 16.6 Å². The summed E-state index contributed by atoms with van der Waals surface area (Å²) in [6, 6.07) is 7.58. The van der Waals surface area contributed by atoms with Crippen molar-refractivity contribution in [3.05, 3.63) is 48.7 Å². The molecule has 0 aliphatic heterocycles. The highest BCUT2D eigenvalue weighted by Gasteiger charge is 2.06. The fourth-order valence-electron chi connectivity index (χ4n) is 2.01. The molecule has 0 N–H and O–H groups in total. The number of nitrogens with zero attached hydrogens (tertiary/aromatic N) is 3. The lowest BCUT2D eigenvalue weighted by atomic mass is 10.3. The van der Waals surface area contributed by atoms with Gasteiger partial charge in [-0.1, -0.05) is 13.8 Å². The third-order valence-corrected chi connectivity index (χ3v) is 3.80. The van der Waals surface area contributed by atoms with Crippen LogP contribution in [0.15, 0.2) is 47.8 Å². The largest absolute Gasteiger partial charge is 0.259 e. The van der Waals surface area contributed by atoms with E-state index in [4.69, 9.17) is 0 Å². The van der Waals surface area contributed by atoms with Gasteiger partial charge in [0.25, 0.3) is 0 Å². The number of rotatable bonds is 3. The Balaban J connectivity index is 2.02. The second-order valence-electron chi connectivity index (χ2n) is 4.82. The van der Waals surface area contributed by atoms with Gasteiger partial charge in [-0.25, -0.2) is 9.07 Å². The molecule has 2 heterocycles. The highest BCUT2D eigenvalue weighted by atomic mass is 32.2. The lowest BCUT2D eigenvalue weighted by Gasteiger charge is -2.03. The van der Waals surface area contributed by atoms with Crippen molar-refractivity contribution in [1.29, 1.82) is 0 Å². The molecule has 5 heteroatoms. The fraction of sp³-hybridized carbons (Fsp3) is 0.200. The minimum Gasteiger partial charge on any atom is -0.259 e. The molecule has 3 rings (SSSR count). The first-order chi connectivity index (χ1) is 9.61. The summed E-state index contributed by atoms with van der Waals surface area (Å²) in [7, 11) is 0. The zero-order valence-corrected chi connectivity index (χ0v) is 12.1. The summed E-state index contributed by atoms with van der Waals surface area (Å²) in [4.78, 5) is 5.06. The standard InChI is InChI=1S/C15H14FN3S/c1-10(2)20-14-3-4-15-11(5-14)9-19(18-15)13-6-12(16)7-17-8-13/h3-10H,1-2H3. The summed E-state index contributed by atoms with van der Waals surface area (Å²) in [6.45, 7) is 4.33. The molecular weight excluding hydrogens is 273 g/mol. The molecule has 0 unspecified atom stereocenters. The van der Waals surface area contributed by atoms with Crippen molar-refractivity contribution in [2.45, 2.75) is 24.0 Å². The second-order valence-corrected chi connectivity index (χ2v) is 6.47. The molecule has 1 aromatic carbocycles. The van der Waals surface area contributed by atoms with Crippen molar-refractivity contribution in [3.8, 4) is 5.69 Å². The van der Waals surface area contributed by atoms with Gasteiger partial charge in [-0.2, -0.15) is 5.10 Å². The van der Waals surface area contributed by atoms with E-state index < -0.39 is 0 Å². The molecule has 0 saturated carbocycles. The average Bonchev–Trinajstić information content (AvgIpc) is 2.81. The molecule has 3 nitrogen and oxygen atoms in total. The van der Waals surface area contributed by atoms with Gasteiger partial charge in [0.2, 0.25) is 0 Å². The van der Waals surface area contributed by atoms with Gasteiger partial charge in [0.15, 0.2) is 0 Å². The number of hydrogen-bond donors (Lipinski definition) is 0. The maximum Gasteiger partial charge on any atom is 0.143 e. The maximum atomic E-state index is 13.2. The minimum atomic E-state index is -0.363. The maximum absolute atomic E-state index is 13.2. The topological polar surface area (TPSA) is 30.7 Å². The molecule has 20 heavy (non-hydrogen) atoms. The average molecular weight is 287 g/mol. The number of thioether (sulfide) groups is 1. The molecular formula is C15H14FN3S. The lowest BCUT2D eigenvalue weighted by molar-refractivity contribution is 0.618. The highest BCUT2D eigenvalue weighted by Crippen LogP contribution is 2.26. The molecule has 0 saturated heterocycles. The van der Waals surface area contributed by atoms with E-state index >= 15 is 0 Å². The van der Waals surface area contributed by atoms with E-state index in [9.17, 15) is 4.39 Å².